The fourth-order valence-corrected chi connectivity index (χ4v) is 5.53. The fourth-order valence-electron chi connectivity index (χ4n) is 5.33. The first-order valence-electron chi connectivity index (χ1n) is 12.2. The van der Waals surface area contributed by atoms with Crippen molar-refractivity contribution in [2.24, 2.45) is 11.8 Å². The zero-order valence-electron chi connectivity index (χ0n) is 20.1. The van der Waals surface area contributed by atoms with E-state index in [0.717, 1.165) is 62.4 Å². The molecule has 1 aromatic rings. The smallest absolute Gasteiger partial charge is 0.303 e. The van der Waals surface area contributed by atoms with Crippen LogP contribution in [0.3, 0.4) is 0 Å². The highest BCUT2D eigenvalue weighted by Gasteiger charge is 2.40. The van der Waals surface area contributed by atoms with Crippen LogP contribution in [0.4, 0.5) is 0 Å². The van der Waals surface area contributed by atoms with E-state index < -0.39 is 0 Å². The molecule has 1 N–H and O–H groups in total. The number of fused-ring (bicyclic) bond motifs is 1. The highest BCUT2D eigenvalue weighted by atomic mass is 35.5. The molecule has 180 valence electrons. The summed E-state index contributed by atoms with van der Waals surface area (Å²) in [6.07, 6.45) is 11.6. The van der Waals surface area contributed by atoms with Crippen molar-refractivity contribution in [3.63, 3.8) is 0 Å². The Morgan fingerprint density at radius 2 is 2.18 bits per heavy atom. The molecule has 1 fully saturated rings. The summed E-state index contributed by atoms with van der Waals surface area (Å²) in [5, 5.41) is 4.55. The first-order valence-corrected chi connectivity index (χ1v) is 12.5. The van der Waals surface area contributed by atoms with Crippen molar-refractivity contribution in [1.29, 1.82) is 0 Å². The monoisotopic (exact) mass is 471 g/mol. The Labute approximate surface area is 204 Å². The van der Waals surface area contributed by atoms with Gasteiger partial charge in [-0.2, -0.15) is 0 Å². The summed E-state index contributed by atoms with van der Waals surface area (Å²) in [6, 6.07) is 6.29. The molecule has 33 heavy (non-hydrogen) atoms. The van der Waals surface area contributed by atoms with Gasteiger partial charge in [-0.05, 0) is 73.9 Å². The van der Waals surface area contributed by atoms with Crippen molar-refractivity contribution in [2.75, 3.05) is 19.7 Å². The fraction of sp³-hybridized carbons (Fsp3) is 0.536. The minimum atomic E-state index is -0.244. The van der Waals surface area contributed by atoms with Gasteiger partial charge in [0, 0.05) is 36.2 Å². The van der Waals surface area contributed by atoms with Gasteiger partial charge < -0.3 is 14.8 Å². The molecular weight excluding hydrogens is 434 g/mol. The molecule has 0 aliphatic heterocycles. The molecule has 3 rings (SSSR count). The number of hydrogen-bond acceptors (Lipinski definition) is 4. The number of ether oxygens (including phenoxy) is 2. The van der Waals surface area contributed by atoms with Gasteiger partial charge in [-0.15, -0.1) is 0 Å². The van der Waals surface area contributed by atoms with Gasteiger partial charge in [0.1, 0.15) is 6.10 Å². The van der Waals surface area contributed by atoms with Crippen molar-refractivity contribution < 1.29 is 14.3 Å². The number of hydrogen-bond donors (Lipinski definition) is 1. The van der Waals surface area contributed by atoms with Gasteiger partial charge in [0.05, 0.1) is 12.4 Å². The van der Waals surface area contributed by atoms with E-state index in [-0.39, 0.29) is 17.5 Å². The summed E-state index contributed by atoms with van der Waals surface area (Å²) < 4.78 is 11.8. The van der Waals surface area contributed by atoms with Crippen molar-refractivity contribution in [2.45, 2.75) is 63.9 Å². The molecule has 0 aromatic heterocycles. The minimum Gasteiger partial charge on any atom is -0.497 e. The molecule has 2 aliphatic carbocycles. The van der Waals surface area contributed by atoms with Crippen LogP contribution in [0.1, 0.15) is 57.1 Å². The van der Waals surface area contributed by atoms with E-state index in [4.69, 9.17) is 21.1 Å². The molecule has 0 heterocycles. The van der Waals surface area contributed by atoms with Crippen molar-refractivity contribution in [1.82, 2.24) is 5.32 Å². The van der Waals surface area contributed by atoms with Crippen LogP contribution in [0.5, 0.6) is 0 Å². The SMILES string of the molecule is C=C/C=C(\CC)OC[C@@]1(CNC[C@@H]2CC[C@H]2[C@H](C=C)OC(C)=O)CCCc2cc(Cl)ccc21. The third kappa shape index (κ3) is 6.30. The number of rotatable bonds is 12. The molecule has 2 aliphatic rings. The number of carbonyl (C=O) groups excluding carboxylic acids is 1. The summed E-state index contributed by atoms with van der Waals surface area (Å²) in [4.78, 5) is 11.4. The normalized spacial score (nSPS) is 25.4. The van der Waals surface area contributed by atoms with E-state index in [2.05, 4.69) is 37.5 Å². The van der Waals surface area contributed by atoms with Crippen LogP contribution in [-0.4, -0.2) is 31.8 Å². The molecule has 0 amide bonds. The zero-order valence-corrected chi connectivity index (χ0v) is 20.8. The van der Waals surface area contributed by atoms with Crippen LogP contribution in [-0.2, 0) is 26.1 Å². The maximum absolute atomic E-state index is 11.4. The van der Waals surface area contributed by atoms with Gasteiger partial charge in [-0.3, -0.25) is 4.79 Å². The van der Waals surface area contributed by atoms with Crippen LogP contribution in [0, 0.1) is 11.8 Å². The lowest BCUT2D eigenvalue weighted by molar-refractivity contribution is -0.149. The van der Waals surface area contributed by atoms with Gasteiger partial charge in [0.2, 0.25) is 0 Å². The largest absolute Gasteiger partial charge is 0.497 e. The third-order valence-corrected chi connectivity index (χ3v) is 7.46. The average molecular weight is 472 g/mol. The Balaban J connectivity index is 1.72. The summed E-state index contributed by atoms with van der Waals surface area (Å²) >= 11 is 6.32. The quantitative estimate of drug-likeness (QED) is 0.172. The summed E-state index contributed by atoms with van der Waals surface area (Å²) in [6.45, 7) is 13.6. The third-order valence-electron chi connectivity index (χ3n) is 7.23. The lowest BCUT2D eigenvalue weighted by Crippen LogP contribution is -2.48. The maximum Gasteiger partial charge on any atom is 0.303 e. The highest BCUT2D eigenvalue weighted by molar-refractivity contribution is 6.30. The number of carbonyl (C=O) groups is 1. The molecule has 5 heteroatoms. The molecule has 4 atom stereocenters. The predicted octanol–water partition coefficient (Wildman–Crippen LogP) is 6.14. The number of benzene rings is 1. The van der Waals surface area contributed by atoms with Gasteiger partial charge in [0.15, 0.2) is 0 Å². The maximum atomic E-state index is 11.4. The molecule has 0 spiro atoms. The van der Waals surface area contributed by atoms with Crippen molar-refractivity contribution in [3.8, 4) is 0 Å². The standard InChI is InChI=1S/C28H38ClNO3/c1-5-9-24(6-2)32-19-28(15-8-10-21-16-23(29)12-14-26(21)28)18-30-17-22-11-13-25(22)27(7-3)33-20(4)31/h5,7,9,12,14,16,22,25,27,30H,1,3,6,8,10-11,13,15,17-19H2,2,4H3/b24-9+/t22-,25+,27-,28-/m0/s1. The van der Waals surface area contributed by atoms with Gasteiger partial charge >= 0.3 is 5.97 Å². The highest BCUT2D eigenvalue weighted by Crippen LogP contribution is 2.41. The first-order chi connectivity index (χ1) is 15.9. The van der Waals surface area contributed by atoms with Crippen LogP contribution >= 0.6 is 11.6 Å². The number of halogens is 1. The van der Waals surface area contributed by atoms with Gasteiger partial charge in [-0.25, -0.2) is 0 Å². The number of esters is 1. The summed E-state index contributed by atoms with van der Waals surface area (Å²) in [5.41, 5.74) is 2.56. The van der Waals surface area contributed by atoms with Gasteiger partial charge in [-0.1, -0.05) is 49.9 Å². The van der Waals surface area contributed by atoms with Crippen molar-refractivity contribution >= 4 is 17.6 Å². The molecule has 0 bridgehead atoms. The predicted molar refractivity (Wildman–Crippen MR) is 135 cm³/mol. The van der Waals surface area contributed by atoms with Crippen molar-refractivity contribution in [3.05, 3.63) is 71.5 Å². The van der Waals surface area contributed by atoms with E-state index >= 15 is 0 Å². The van der Waals surface area contributed by atoms with Gasteiger partial charge in [0.25, 0.3) is 0 Å². The summed E-state index contributed by atoms with van der Waals surface area (Å²) in [5.74, 6) is 1.53. The Bertz CT molecular complexity index is 880. The van der Waals surface area contributed by atoms with E-state index in [1.165, 1.54) is 18.1 Å². The van der Waals surface area contributed by atoms with Crippen LogP contribution in [0.15, 0.2) is 55.3 Å². The molecule has 0 unspecified atom stereocenters. The lowest BCUT2D eigenvalue weighted by atomic mass is 9.69. The topological polar surface area (TPSA) is 47.6 Å². The zero-order chi connectivity index (χ0) is 23.8. The van der Waals surface area contributed by atoms with E-state index in [1.54, 1.807) is 12.2 Å². The first kappa shape index (κ1) is 25.6. The van der Waals surface area contributed by atoms with E-state index in [0.29, 0.717) is 18.4 Å². The van der Waals surface area contributed by atoms with Crippen LogP contribution in [0.25, 0.3) is 0 Å². The molecule has 0 saturated heterocycles. The number of allylic oxidation sites excluding steroid dienone is 3. The van der Waals surface area contributed by atoms with E-state index in [9.17, 15) is 4.79 Å². The second-order valence-corrected chi connectivity index (χ2v) is 9.82. The molecule has 1 aromatic carbocycles. The lowest BCUT2D eigenvalue weighted by Gasteiger charge is -2.43. The second kappa shape index (κ2) is 11.9. The number of aryl methyl sites for hydroxylation is 1. The molecule has 4 nitrogen and oxygen atoms in total. The minimum absolute atomic E-state index is 0.111. The van der Waals surface area contributed by atoms with E-state index in [1.807, 2.05) is 12.1 Å². The Morgan fingerprint density at radius 1 is 1.36 bits per heavy atom. The second-order valence-electron chi connectivity index (χ2n) is 9.39. The Morgan fingerprint density at radius 3 is 2.82 bits per heavy atom. The average Bonchev–Trinajstić information content (AvgIpc) is 2.77. The molecular formula is C28H38ClNO3. The summed E-state index contributed by atoms with van der Waals surface area (Å²) in [7, 11) is 0. The Kier molecular flexibility index (Phi) is 9.22. The molecule has 1 saturated carbocycles. The number of nitrogens with one attached hydrogen (secondary N) is 1. The molecule has 0 radical (unpaired) electrons. The van der Waals surface area contributed by atoms with Crippen LogP contribution in [0.2, 0.25) is 5.02 Å². The van der Waals surface area contributed by atoms with Crippen LogP contribution < -0.4 is 5.32 Å². The Hall–Kier alpha value is -2.04.